The van der Waals surface area contributed by atoms with E-state index in [1.807, 2.05) is 0 Å². The molecule has 0 aliphatic carbocycles. The monoisotopic (exact) mass is 376 g/mol. The highest BCUT2D eigenvalue weighted by Gasteiger charge is 2.23. The molecular weight excluding hydrogens is 356 g/mol. The second-order valence-corrected chi connectivity index (χ2v) is 8.11. The van der Waals surface area contributed by atoms with Gasteiger partial charge in [0.05, 0.1) is 16.1 Å². The highest BCUT2D eigenvalue weighted by molar-refractivity contribution is 7.22. The van der Waals surface area contributed by atoms with Crippen LogP contribution in [0.4, 0.5) is 5.13 Å². The fraction of sp³-hybridized carbons (Fsp3) is 0.238. The maximum atomic E-state index is 12.3. The summed E-state index contributed by atoms with van der Waals surface area (Å²) in [5.74, 6) is 0.110. The van der Waals surface area contributed by atoms with Crippen molar-refractivity contribution < 1.29 is 4.79 Å². The number of carbonyl (C=O) groups excluding carboxylic acids is 1. The molecule has 6 heteroatoms. The summed E-state index contributed by atoms with van der Waals surface area (Å²) in [6.45, 7) is 1.66. The number of rotatable bonds is 3. The zero-order valence-corrected chi connectivity index (χ0v) is 15.8. The van der Waals surface area contributed by atoms with Crippen molar-refractivity contribution in [2.75, 3.05) is 18.4 Å². The molecular formula is C21H20N4OS. The van der Waals surface area contributed by atoms with Crippen molar-refractivity contribution in [2.24, 2.45) is 13.0 Å². The first-order chi connectivity index (χ1) is 13.2. The molecule has 1 saturated heterocycles. The summed E-state index contributed by atoms with van der Waals surface area (Å²) in [7, 11) is 2.06. The minimum absolute atomic E-state index is 0.0465. The van der Waals surface area contributed by atoms with Crippen LogP contribution in [-0.2, 0) is 11.8 Å². The lowest BCUT2D eigenvalue weighted by Crippen LogP contribution is -2.24. The average Bonchev–Trinajstić information content (AvgIpc) is 3.40. The number of anilines is 1. The molecule has 5 nitrogen and oxygen atoms in total. The van der Waals surface area contributed by atoms with Gasteiger partial charge in [-0.05, 0) is 54.4 Å². The third kappa shape index (κ3) is 3.01. The van der Waals surface area contributed by atoms with Gasteiger partial charge in [-0.1, -0.05) is 23.5 Å². The number of nitrogens with zero attached hydrogens (tertiary/aromatic N) is 2. The van der Waals surface area contributed by atoms with E-state index in [0.29, 0.717) is 5.13 Å². The second-order valence-electron chi connectivity index (χ2n) is 7.08. The molecule has 1 atom stereocenters. The van der Waals surface area contributed by atoms with Gasteiger partial charge in [0.2, 0.25) is 5.91 Å². The normalized spacial score (nSPS) is 17.0. The van der Waals surface area contributed by atoms with Crippen LogP contribution < -0.4 is 10.6 Å². The summed E-state index contributed by atoms with van der Waals surface area (Å²) in [6.07, 6.45) is 2.97. The maximum absolute atomic E-state index is 12.3. The van der Waals surface area contributed by atoms with Gasteiger partial charge < -0.3 is 15.2 Å². The molecule has 0 radical (unpaired) electrons. The molecule has 5 rings (SSSR count). The molecule has 27 heavy (non-hydrogen) atoms. The Bertz CT molecular complexity index is 1150. The van der Waals surface area contributed by atoms with Crippen LogP contribution in [0.15, 0.2) is 48.7 Å². The molecule has 3 heterocycles. The molecule has 1 fully saturated rings. The Morgan fingerprint density at radius 2 is 2.07 bits per heavy atom. The molecule has 0 unspecified atom stereocenters. The Balaban J connectivity index is 1.44. The summed E-state index contributed by atoms with van der Waals surface area (Å²) >= 11 is 1.53. The molecule has 2 aromatic heterocycles. The van der Waals surface area contributed by atoms with Gasteiger partial charge in [-0.25, -0.2) is 4.98 Å². The van der Waals surface area contributed by atoms with E-state index in [-0.39, 0.29) is 11.8 Å². The maximum Gasteiger partial charge on any atom is 0.230 e. The Kier molecular flexibility index (Phi) is 3.95. The molecule has 136 valence electrons. The number of hydrogen-bond donors (Lipinski definition) is 2. The van der Waals surface area contributed by atoms with Gasteiger partial charge in [0.15, 0.2) is 5.13 Å². The van der Waals surface area contributed by atoms with E-state index in [1.165, 1.54) is 27.8 Å². The van der Waals surface area contributed by atoms with Crippen molar-refractivity contribution in [3.63, 3.8) is 0 Å². The Labute approximate surface area is 161 Å². The smallest absolute Gasteiger partial charge is 0.230 e. The number of benzene rings is 2. The number of thiazole rings is 1. The third-order valence-electron chi connectivity index (χ3n) is 5.27. The molecule has 2 aromatic carbocycles. The summed E-state index contributed by atoms with van der Waals surface area (Å²) in [4.78, 5) is 17.0. The number of aryl methyl sites for hydroxylation is 1. The number of fused-ring (bicyclic) bond motifs is 2. The van der Waals surface area contributed by atoms with Crippen LogP contribution in [-0.4, -0.2) is 28.5 Å². The van der Waals surface area contributed by atoms with Crippen LogP contribution in [0, 0.1) is 5.92 Å². The number of aromatic nitrogens is 2. The molecule has 1 aliphatic rings. The van der Waals surface area contributed by atoms with Gasteiger partial charge in [0.1, 0.15) is 0 Å². The SMILES string of the molecule is Cn1ccc2cc(-c3ccc4sc(NC(=O)[C@H]5CCNC5)nc4c3)ccc21. The number of hydrogen-bond acceptors (Lipinski definition) is 4. The highest BCUT2D eigenvalue weighted by atomic mass is 32.1. The standard InChI is InChI=1S/C21H20N4OS/c1-25-9-7-15-10-13(2-4-18(15)25)14-3-5-19-17(11-14)23-21(27-19)24-20(26)16-6-8-22-12-16/h2-5,7,9-11,16,22H,6,8,12H2,1H3,(H,23,24,26)/t16-/m0/s1. The van der Waals surface area contributed by atoms with Crippen LogP contribution in [0.3, 0.4) is 0 Å². The van der Waals surface area contributed by atoms with E-state index in [2.05, 4.69) is 75.9 Å². The first-order valence-corrected chi connectivity index (χ1v) is 9.97. The second kappa shape index (κ2) is 6.48. The zero-order chi connectivity index (χ0) is 18.4. The highest BCUT2D eigenvalue weighted by Crippen LogP contribution is 2.32. The van der Waals surface area contributed by atoms with E-state index in [0.717, 1.165) is 35.3 Å². The topological polar surface area (TPSA) is 59.0 Å². The molecule has 0 spiro atoms. The lowest BCUT2D eigenvalue weighted by atomic mass is 10.0. The minimum Gasteiger partial charge on any atom is -0.351 e. The Morgan fingerprint density at radius 1 is 1.22 bits per heavy atom. The lowest BCUT2D eigenvalue weighted by molar-refractivity contribution is -0.119. The summed E-state index contributed by atoms with van der Waals surface area (Å²) in [5.41, 5.74) is 4.45. The zero-order valence-electron chi connectivity index (χ0n) is 15.0. The summed E-state index contributed by atoms with van der Waals surface area (Å²) in [6, 6.07) is 14.9. The molecule has 4 aromatic rings. The van der Waals surface area contributed by atoms with Gasteiger partial charge >= 0.3 is 0 Å². The first-order valence-electron chi connectivity index (χ1n) is 9.15. The Hall–Kier alpha value is -2.70. The molecule has 1 amide bonds. The van der Waals surface area contributed by atoms with Crippen LogP contribution in [0.25, 0.3) is 32.2 Å². The van der Waals surface area contributed by atoms with Crippen molar-refractivity contribution in [2.45, 2.75) is 6.42 Å². The minimum atomic E-state index is 0.0465. The Morgan fingerprint density at radius 3 is 2.93 bits per heavy atom. The van der Waals surface area contributed by atoms with Crippen LogP contribution in [0.1, 0.15) is 6.42 Å². The average molecular weight is 376 g/mol. The number of carbonyl (C=O) groups is 1. The van der Waals surface area contributed by atoms with Crippen LogP contribution in [0.2, 0.25) is 0 Å². The van der Waals surface area contributed by atoms with E-state index < -0.39 is 0 Å². The van der Waals surface area contributed by atoms with Crippen LogP contribution >= 0.6 is 11.3 Å². The molecule has 2 N–H and O–H groups in total. The number of amides is 1. The van der Waals surface area contributed by atoms with Gasteiger partial charge in [-0.2, -0.15) is 0 Å². The molecule has 1 aliphatic heterocycles. The van der Waals surface area contributed by atoms with Gasteiger partial charge in [-0.15, -0.1) is 0 Å². The van der Waals surface area contributed by atoms with Crippen molar-refractivity contribution >= 4 is 43.5 Å². The van der Waals surface area contributed by atoms with Crippen molar-refractivity contribution in [3.8, 4) is 11.1 Å². The summed E-state index contributed by atoms with van der Waals surface area (Å²) in [5, 5.41) is 8.12. The summed E-state index contributed by atoms with van der Waals surface area (Å²) < 4.78 is 3.21. The molecule has 0 saturated carbocycles. The van der Waals surface area contributed by atoms with Crippen molar-refractivity contribution in [3.05, 3.63) is 48.7 Å². The number of nitrogens with one attached hydrogen (secondary N) is 2. The fourth-order valence-electron chi connectivity index (χ4n) is 3.71. The van der Waals surface area contributed by atoms with E-state index in [1.54, 1.807) is 0 Å². The van der Waals surface area contributed by atoms with Crippen molar-refractivity contribution in [1.29, 1.82) is 0 Å². The lowest BCUT2D eigenvalue weighted by Gasteiger charge is -2.06. The fourth-order valence-corrected chi connectivity index (χ4v) is 4.56. The van der Waals surface area contributed by atoms with E-state index in [4.69, 9.17) is 0 Å². The van der Waals surface area contributed by atoms with E-state index >= 15 is 0 Å². The first kappa shape index (κ1) is 16.5. The van der Waals surface area contributed by atoms with Crippen molar-refractivity contribution in [1.82, 2.24) is 14.9 Å². The van der Waals surface area contributed by atoms with Gasteiger partial charge in [0, 0.05) is 30.7 Å². The quantitative estimate of drug-likeness (QED) is 0.568. The van der Waals surface area contributed by atoms with Crippen LogP contribution in [0.5, 0.6) is 0 Å². The molecule has 0 bridgehead atoms. The largest absolute Gasteiger partial charge is 0.351 e. The van der Waals surface area contributed by atoms with Gasteiger partial charge in [-0.3, -0.25) is 4.79 Å². The third-order valence-corrected chi connectivity index (χ3v) is 6.22. The predicted octanol–water partition coefficient (Wildman–Crippen LogP) is 4.00. The predicted molar refractivity (Wildman–Crippen MR) is 111 cm³/mol. The van der Waals surface area contributed by atoms with Gasteiger partial charge in [0.25, 0.3) is 0 Å². The van der Waals surface area contributed by atoms with E-state index in [9.17, 15) is 4.79 Å².